The normalized spacial score (nSPS) is 11.7. The Morgan fingerprint density at radius 3 is 2.81 bits per heavy atom. The number of benzene rings is 1. The van der Waals surface area contributed by atoms with E-state index in [1.807, 2.05) is 13.0 Å². The number of rotatable bonds is 7. The van der Waals surface area contributed by atoms with Crippen molar-refractivity contribution in [3.8, 4) is 0 Å². The maximum atomic E-state index is 12.2. The van der Waals surface area contributed by atoms with Crippen LogP contribution in [-0.2, 0) is 15.8 Å². The molecule has 0 saturated carbocycles. The van der Waals surface area contributed by atoms with E-state index in [1.165, 1.54) is 4.88 Å². The topological polar surface area (TPSA) is 46.2 Å². The van der Waals surface area contributed by atoms with Crippen LogP contribution in [0.15, 0.2) is 45.1 Å². The summed E-state index contributed by atoms with van der Waals surface area (Å²) in [6, 6.07) is 9.16. The standard InChI is InChI=1S/C14H16BrNO2S3/c1-11-9-13(4-5-14(11)15)21(17,18)16-6-8-19-10-12-3-2-7-20-12/h2-5,7,9,16H,6,8,10H2,1H3. The van der Waals surface area contributed by atoms with Gasteiger partial charge >= 0.3 is 0 Å². The highest BCUT2D eigenvalue weighted by atomic mass is 79.9. The van der Waals surface area contributed by atoms with Crippen LogP contribution in [0, 0.1) is 6.92 Å². The summed E-state index contributed by atoms with van der Waals surface area (Å²) < 4.78 is 27.9. The van der Waals surface area contributed by atoms with Crippen molar-refractivity contribution in [2.75, 3.05) is 12.3 Å². The van der Waals surface area contributed by atoms with Crippen LogP contribution in [0.4, 0.5) is 0 Å². The van der Waals surface area contributed by atoms with Gasteiger partial charge in [0.2, 0.25) is 10.0 Å². The molecule has 0 radical (unpaired) electrons. The van der Waals surface area contributed by atoms with Gasteiger partial charge in [0.05, 0.1) is 4.90 Å². The Hall–Kier alpha value is -0.340. The minimum Gasteiger partial charge on any atom is -0.210 e. The van der Waals surface area contributed by atoms with Crippen LogP contribution in [0.5, 0.6) is 0 Å². The number of thioether (sulfide) groups is 1. The third-order valence-corrected chi connectivity index (χ3v) is 7.22. The summed E-state index contributed by atoms with van der Waals surface area (Å²) in [7, 11) is -3.42. The van der Waals surface area contributed by atoms with E-state index in [-0.39, 0.29) is 0 Å². The van der Waals surface area contributed by atoms with Gasteiger partial charge in [0, 0.05) is 27.4 Å². The average molecular weight is 406 g/mol. The van der Waals surface area contributed by atoms with Gasteiger partial charge < -0.3 is 0 Å². The fourth-order valence-corrected chi connectivity index (χ4v) is 4.88. The van der Waals surface area contributed by atoms with Gasteiger partial charge in [0.25, 0.3) is 0 Å². The molecule has 0 aliphatic carbocycles. The summed E-state index contributed by atoms with van der Waals surface area (Å²) in [5.74, 6) is 1.68. The molecule has 0 aliphatic rings. The molecule has 0 saturated heterocycles. The predicted molar refractivity (Wildman–Crippen MR) is 94.5 cm³/mol. The smallest absolute Gasteiger partial charge is 0.210 e. The minimum absolute atomic E-state index is 0.312. The van der Waals surface area contributed by atoms with Crippen LogP contribution in [0.2, 0.25) is 0 Å². The first-order valence-electron chi connectivity index (χ1n) is 6.35. The lowest BCUT2D eigenvalue weighted by molar-refractivity contribution is 0.584. The van der Waals surface area contributed by atoms with Crippen molar-refractivity contribution >= 4 is 49.1 Å². The van der Waals surface area contributed by atoms with E-state index >= 15 is 0 Å². The highest BCUT2D eigenvalue weighted by molar-refractivity contribution is 9.10. The zero-order valence-corrected chi connectivity index (χ0v) is 15.5. The number of sulfonamides is 1. The molecule has 0 aliphatic heterocycles. The maximum Gasteiger partial charge on any atom is 0.240 e. The Morgan fingerprint density at radius 2 is 2.14 bits per heavy atom. The SMILES string of the molecule is Cc1cc(S(=O)(=O)NCCSCc2cccs2)ccc1Br. The van der Waals surface area contributed by atoms with Crippen molar-refractivity contribution in [3.05, 3.63) is 50.6 Å². The Labute approximate surface area is 142 Å². The molecule has 1 aromatic carbocycles. The van der Waals surface area contributed by atoms with Crippen LogP contribution in [0.3, 0.4) is 0 Å². The molecule has 2 aromatic rings. The molecule has 2 rings (SSSR count). The summed E-state index contributed by atoms with van der Waals surface area (Å²) in [6.07, 6.45) is 0. The van der Waals surface area contributed by atoms with E-state index in [2.05, 4.69) is 32.1 Å². The molecule has 0 fully saturated rings. The third-order valence-electron chi connectivity index (χ3n) is 2.80. The monoisotopic (exact) mass is 405 g/mol. The predicted octanol–water partition coefficient (Wildman–Crippen LogP) is 4.03. The van der Waals surface area contributed by atoms with E-state index in [0.29, 0.717) is 11.4 Å². The Morgan fingerprint density at radius 1 is 1.33 bits per heavy atom. The molecule has 0 unspecified atom stereocenters. The van der Waals surface area contributed by atoms with Crippen molar-refractivity contribution in [1.82, 2.24) is 4.72 Å². The number of hydrogen-bond donors (Lipinski definition) is 1. The van der Waals surface area contributed by atoms with Gasteiger partial charge in [-0.1, -0.05) is 22.0 Å². The van der Waals surface area contributed by atoms with Crippen molar-refractivity contribution in [1.29, 1.82) is 0 Å². The summed E-state index contributed by atoms with van der Waals surface area (Å²) in [5.41, 5.74) is 0.907. The summed E-state index contributed by atoms with van der Waals surface area (Å²) in [4.78, 5) is 1.62. The lowest BCUT2D eigenvalue weighted by Crippen LogP contribution is -2.26. The fourth-order valence-electron chi connectivity index (χ4n) is 1.68. The first kappa shape index (κ1) is 17.0. The maximum absolute atomic E-state index is 12.2. The quantitative estimate of drug-likeness (QED) is 0.707. The van der Waals surface area contributed by atoms with Gasteiger partial charge in [-0.25, -0.2) is 13.1 Å². The molecular formula is C14H16BrNO2S3. The third kappa shape index (κ3) is 5.10. The van der Waals surface area contributed by atoms with Crippen molar-refractivity contribution in [2.45, 2.75) is 17.6 Å². The Balaban J connectivity index is 1.82. The lowest BCUT2D eigenvalue weighted by atomic mass is 10.2. The van der Waals surface area contributed by atoms with E-state index in [9.17, 15) is 8.42 Å². The number of nitrogens with one attached hydrogen (secondary N) is 1. The van der Waals surface area contributed by atoms with Crippen molar-refractivity contribution in [2.24, 2.45) is 0 Å². The molecular weight excluding hydrogens is 390 g/mol. The molecule has 21 heavy (non-hydrogen) atoms. The second-order valence-electron chi connectivity index (χ2n) is 4.44. The average Bonchev–Trinajstić information content (AvgIpc) is 2.94. The number of hydrogen-bond acceptors (Lipinski definition) is 4. The van der Waals surface area contributed by atoms with Gasteiger partial charge in [0.15, 0.2) is 0 Å². The van der Waals surface area contributed by atoms with E-state index in [1.54, 1.807) is 41.3 Å². The fraction of sp³-hybridized carbons (Fsp3) is 0.286. The largest absolute Gasteiger partial charge is 0.240 e. The molecule has 0 amide bonds. The van der Waals surface area contributed by atoms with Crippen LogP contribution in [-0.4, -0.2) is 20.7 Å². The molecule has 1 heterocycles. The van der Waals surface area contributed by atoms with E-state index in [4.69, 9.17) is 0 Å². The Kier molecular flexibility index (Phi) is 6.31. The first-order valence-corrected chi connectivity index (χ1v) is 10.7. The highest BCUT2D eigenvalue weighted by Crippen LogP contribution is 2.20. The summed E-state index contributed by atoms with van der Waals surface area (Å²) in [6.45, 7) is 2.31. The molecule has 114 valence electrons. The molecule has 0 spiro atoms. The molecule has 7 heteroatoms. The molecule has 1 N–H and O–H groups in total. The van der Waals surface area contributed by atoms with Crippen LogP contribution < -0.4 is 4.72 Å². The van der Waals surface area contributed by atoms with Gasteiger partial charge in [-0.15, -0.1) is 11.3 Å². The highest BCUT2D eigenvalue weighted by Gasteiger charge is 2.14. The van der Waals surface area contributed by atoms with Crippen molar-refractivity contribution in [3.63, 3.8) is 0 Å². The second-order valence-corrected chi connectivity index (χ2v) is 9.20. The van der Waals surface area contributed by atoms with Crippen LogP contribution in [0.25, 0.3) is 0 Å². The van der Waals surface area contributed by atoms with Gasteiger partial charge in [-0.3, -0.25) is 0 Å². The zero-order chi connectivity index (χ0) is 15.3. The first-order chi connectivity index (χ1) is 9.99. The van der Waals surface area contributed by atoms with Crippen LogP contribution in [0.1, 0.15) is 10.4 Å². The number of aryl methyl sites for hydroxylation is 1. The van der Waals surface area contributed by atoms with Gasteiger partial charge in [-0.2, -0.15) is 11.8 Å². The summed E-state index contributed by atoms with van der Waals surface area (Å²) >= 11 is 6.82. The molecule has 0 bridgehead atoms. The second kappa shape index (κ2) is 7.78. The number of thiophene rings is 1. The molecule has 3 nitrogen and oxygen atoms in total. The Bertz CT molecular complexity index is 684. The zero-order valence-electron chi connectivity index (χ0n) is 11.5. The minimum atomic E-state index is -3.42. The van der Waals surface area contributed by atoms with Crippen LogP contribution >= 0.6 is 39.0 Å². The number of halogens is 1. The molecule has 0 atom stereocenters. The lowest BCUT2D eigenvalue weighted by Gasteiger charge is -2.08. The van der Waals surface area contributed by atoms with Gasteiger partial charge in [-0.05, 0) is 42.1 Å². The van der Waals surface area contributed by atoms with E-state index < -0.39 is 10.0 Å². The van der Waals surface area contributed by atoms with Crippen molar-refractivity contribution < 1.29 is 8.42 Å². The summed E-state index contributed by atoms with van der Waals surface area (Å²) in [5, 5.41) is 2.05. The van der Waals surface area contributed by atoms with E-state index in [0.717, 1.165) is 21.5 Å². The van der Waals surface area contributed by atoms with Gasteiger partial charge in [0.1, 0.15) is 0 Å². The molecule has 1 aromatic heterocycles.